The van der Waals surface area contributed by atoms with Crippen LogP contribution in [0.2, 0.25) is 5.15 Å². The zero-order valence-electron chi connectivity index (χ0n) is 11.1. The molecule has 2 N–H and O–H groups in total. The Labute approximate surface area is 128 Å². The largest absolute Gasteiger partial charge is 0.443 e. The van der Waals surface area contributed by atoms with Crippen LogP contribution in [0.5, 0.6) is 0 Å². The molecule has 0 atom stereocenters. The number of H-pyrrole nitrogens is 1. The second-order valence-electron chi connectivity index (χ2n) is 4.30. The van der Waals surface area contributed by atoms with Crippen molar-refractivity contribution in [1.29, 1.82) is 0 Å². The van der Waals surface area contributed by atoms with Crippen molar-refractivity contribution in [3.63, 3.8) is 0 Å². The first-order chi connectivity index (χ1) is 10.6. The minimum Gasteiger partial charge on any atom is -0.443 e. The van der Waals surface area contributed by atoms with Crippen LogP contribution in [0.1, 0.15) is 5.56 Å². The van der Waals surface area contributed by atoms with Crippen LogP contribution in [0.4, 0.5) is 4.79 Å². The number of amides is 1. The van der Waals surface area contributed by atoms with Crippen molar-refractivity contribution in [3.8, 4) is 0 Å². The highest BCUT2D eigenvalue weighted by atomic mass is 35.5. The first kappa shape index (κ1) is 14.1. The van der Waals surface area contributed by atoms with E-state index in [2.05, 4.69) is 20.4 Å². The number of aromatic nitrogens is 4. The SMILES string of the molecule is O=C(Nn1c(=O)[nH]c2c(Cl)ncnc21)OCc1ccccc1. The summed E-state index contributed by atoms with van der Waals surface area (Å²) in [6, 6.07) is 9.16. The number of halogens is 1. The molecular weight excluding hydrogens is 310 g/mol. The highest BCUT2D eigenvalue weighted by Gasteiger charge is 2.14. The minimum atomic E-state index is -0.790. The number of nitrogens with one attached hydrogen (secondary N) is 2. The van der Waals surface area contributed by atoms with E-state index >= 15 is 0 Å². The second-order valence-corrected chi connectivity index (χ2v) is 4.66. The highest BCUT2D eigenvalue weighted by molar-refractivity contribution is 6.33. The molecule has 9 heteroatoms. The topological polar surface area (TPSA) is 102 Å². The molecule has 3 rings (SSSR count). The van der Waals surface area contributed by atoms with E-state index < -0.39 is 11.8 Å². The summed E-state index contributed by atoms with van der Waals surface area (Å²) in [4.78, 5) is 33.7. The lowest BCUT2D eigenvalue weighted by atomic mass is 10.2. The van der Waals surface area contributed by atoms with E-state index in [-0.39, 0.29) is 22.9 Å². The predicted molar refractivity (Wildman–Crippen MR) is 79.1 cm³/mol. The Morgan fingerprint density at radius 1 is 1.32 bits per heavy atom. The maximum absolute atomic E-state index is 11.8. The summed E-state index contributed by atoms with van der Waals surface area (Å²) in [5.74, 6) is 0. The van der Waals surface area contributed by atoms with Crippen LogP contribution in [0.15, 0.2) is 41.5 Å². The van der Waals surface area contributed by atoms with Gasteiger partial charge in [-0.2, -0.15) is 4.68 Å². The van der Waals surface area contributed by atoms with Gasteiger partial charge in [0, 0.05) is 0 Å². The molecule has 0 radical (unpaired) electrons. The summed E-state index contributed by atoms with van der Waals surface area (Å²) in [6.45, 7) is 0.0829. The van der Waals surface area contributed by atoms with Crippen molar-refractivity contribution in [1.82, 2.24) is 19.6 Å². The number of ether oxygens (including phenoxy) is 1. The first-order valence-corrected chi connectivity index (χ1v) is 6.62. The standard InChI is InChI=1S/C13H10ClN5O3/c14-10-9-11(16-7-15-10)19(12(20)17-9)18-13(21)22-6-8-4-2-1-3-5-8/h1-5,7H,6H2,(H,17,20)(H,18,21). The van der Waals surface area contributed by atoms with E-state index in [0.29, 0.717) is 0 Å². The van der Waals surface area contributed by atoms with Crippen LogP contribution in [-0.4, -0.2) is 25.7 Å². The van der Waals surface area contributed by atoms with Crippen LogP contribution < -0.4 is 11.1 Å². The number of imidazole rings is 1. The Hall–Kier alpha value is -2.87. The molecular formula is C13H10ClN5O3. The number of aromatic amines is 1. The summed E-state index contributed by atoms with van der Waals surface area (Å²) in [5, 5.41) is 0.0836. The fourth-order valence-corrected chi connectivity index (χ4v) is 2.02. The summed E-state index contributed by atoms with van der Waals surface area (Å²) in [6.07, 6.45) is 0.396. The minimum absolute atomic E-state index is 0.0829. The third-order valence-corrected chi connectivity index (χ3v) is 3.13. The molecule has 112 valence electrons. The van der Waals surface area contributed by atoms with Gasteiger partial charge in [0.25, 0.3) is 0 Å². The molecule has 8 nitrogen and oxygen atoms in total. The van der Waals surface area contributed by atoms with Crippen molar-refractivity contribution in [2.45, 2.75) is 6.61 Å². The van der Waals surface area contributed by atoms with E-state index in [1.165, 1.54) is 6.33 Å². The average molecular weight is 320 g/mol. The quantitative estimate of drug-likeness (QED) is 0.715. The van der Waals surface area contributed by atoms with Crippen LogP contribution in [0, 0.1) is 0 Å². The molecule has 2 aromatic heterocycles. The zero-order valence-corrected chi connectivity index (χ0v) is 11.9. The monoisotopic (exact) mass is 319 g/mol. The Balaban J connectivity index is 1.76. The van der Waals surface area contributed by atoms with E-state index in [0.717, 1.165) is 10.2 Å². The number of nitrogens with zero attached hydrogens (tertiary/aromatic N) is 3. The van der Waals surface area contributed by atoms with Crippen LogP contribution in [0.25, 0.3) is 11.2 Å². The lowest BCUT2D eigenvalue weighted by Crippen LogP contribution is -2.31. The second kappa shape index (κ2) is 5.86. The fraction of sp³-hybridized carbons (Fsp3) is 0.0769. The number of hydrogen-bond donors (Lipinski definition) is 2. The molecule has 0 spiro atoms. The number of carbonyl (C=O) groups excluding carboxylic acids is 1. The predicted octanol–water partition coefficient (Wildman–Crippen LogP) is 1.65. The smallest absolute Gasteiger partial charge is 0.426 e. The molecule has 0 fully saturated rings. The van der Waals surface area contributed by atoms with Crippen molar-refractivity contribution in [3.05, 3.63) is 57.9 Å². The maximum Gasteiger partial charge on any atom is 0.426 e. The van der Waals surface area contributed by atoms with Gasteiger partial charge in [-0.25, -0.2) is 25.0 Å². The molecule has 2 heterocycles. The summed E-state index contributed by atoms with van der Waals surface area (Å²) in [5.41, 5.74) is 2.91. The summed E-state index contributed by atoms with van der Waals surface area (Å²) < 4.78 is 5.95. The number of hydrogen-bond acceptors (Lipinski definition) is 5. The third-order valence-electron chi connectivity index (χ3n) is 2.84. The van der Waals surface area contributed by atoms with Crippen molar-refractivity contribution in [2.24, 2.45) is 0 Å². The number of carbonyl (C=O) groups is 1. The Bertz CT molecular complexity index is 874. The fourth-order valence-electron chi connectivity index (χ4n) is 1.84. The molecule has 1 amide bonds. The number of benzene rings is 1. The number of fused-ring (bicyclic) bond motifs is 1. The molecule has 0 bridgehead atoms. The lowest BCUT2D eigenvalue weighted by Gasteiger charge is -2.07. The molecule has 0 saturated carbocycles. The Morgan fingerprint density at radius 2 is 2.09 bits per heavy atom. The first-order valence-electron chi connectivity index (χ1n) is 6.24. The lowest BCUT2D eigenvalue weighted by molar-refractivity contribution is 0.151. The van der Waals surface area contributed by atoms with Crippen molar-refractivity contribution >= 4 is 28.9 Å². The average Bonchev–Trinajstić information content (AvgIpc) is 2.84. The molecule has 3 aromatic rings. The molecule has 0 aliphatic carbocycles. The van der Waals surface area contributed by atoms with Gasteiger partial charge in [-0.1, -0.05) is 41.9 Å². The molecule has 0 unspecified atom stereocenters. The maximum atomic E-state index is 11.8. The van der Waals surface area contributed by atoms with E-state index in [4.69, 9.17) is 16.3 Å². The Morgan fingerprint density at radius 3 is 2.86 bits per heavy atom. The molecule has 0 saturated heterocycles. The van der Waals surface area contributed by atoms with Gasteiger partial charge in [0.05, 0.1) is 0 Å². The van der Waals surface area contributed by atoms with Gasteiger partial charge in [-0.05, 0) is 5.56 Å². The molecule has 0 aliphatic rings. The van der Waals surface area contributed by atoms with Crippen LogP contribution in [0.3, 0.4) is 0 Å². The van der Waals surface area contributed by atoms with Crippen LogP contribution >= 0.6 is 11.6 Å². The van der Waals surface area contributed by atoms with Gasteiger partial charge in [-0.3, -0.25) is 0 Å². The van der Waals surface area contributed by atoms with Gasteiger partial charge in [-0.15, -0.1) is 0 Å². The summed E-state index contributed by atoms with van der Waals surface area (Å²) >= 11 is 5.84. The molecule has 22 heavy (non-hydrogen) atoms. The third kappa shape index (κ3) is 2.77. The Kier molecular flexibility index (Phi) is 3.75. The van der Waals surface area contributed by atoms with Gasteiger partial charge >= 0.3 is 11.8 Å². The molecule has 0 aliphatic heterocycles. The van der Waals surface area contributed by atoms with E-state index in [1.807, 2.05) is 30.3 Å². The van der Waals surface area contributed by atoms with Crippen molar-refractivity contribution < 1.29 is 9.53 Å². The summed E-state index contributed by atoms with van der Waals surface area (Å²) in [7, 11) is 0. The highest BCUT2D eigenvalue weighted by Crippen LogP contribution is 2.14. The van der Waals surface area contributed by atoms with Gasteiger partial charge in [0.2, 0.25) is 0 Å². The van der Waals surface area contributed by atoms with Gasteiger partial charge in [0.15, 0.2) is 10.8 Å². The number of rotatable bonds is 3. The zero-order chi connectivity index (χ0) is 15.5. The van der Waals surface area contributed by atoms with Crippen molar-refractivity contribution in [2.75, 3.05) is 5.43 Å². The normalized spacial score (nSPS) is 10.6. The van der Waals surface area contributed by atoms with Gasteiger partial charge < -0.3 is 9.72 Å². The van der Waals surface area contributed by atoms with Crippen LogP contribution in [-0.2, 0) is 11.3 Å². The van der Waals surface area contributed by atoms with E-state index in [9.17, 15) is 9.59 Å². The van der Waals surface area contributed by atoms with Gasteiger partial charge in [0.1, 0.15) is 18.5 Å². The van der Waals surface area contributed by atoms with E-state index in [1.54, 1.807) is 0 Å². The molecule has 1 aromatic carbocycles.